The highest BCUT2D eigenvalue weighted by Crippen LogP contribution is 2.75. The molecule has 8 unspecified atom stereocenters. The minimum atomic E-state index is 0.299. The lowest BCUT2D eigenvalue weighted by Crippen LogP contribution is -2.64. The average Bonchev–Trinajstić information content (AvgIpc) is 3.13. The number of allylic oxidation sites excluding steroid dienone is 1. The molecule has 5 fully saturated rings. The fraction of sp³-hybridized carbons (Fsp3) is 0.931. The summed E-state index contributed by atoms with van der Waals surface area (Å²) in [5.74, 6) is 4.56. The molecule has 1 nitrogen and oxygen atoms in total. The highest BCUT2D eigenvalue weighted by molar-refractivity contribution is 5.17. The van der Waals surface area contributed by atoms with E-state index in [4.69, 9.17) is 0 Å². The summed E-state index contributed by atoms with van der Waals surface area (Å²) in [6.07, 6.45) is 18.9. The molecule has 0 bridgehead atoms. The second-order valence-corrected chi connectivity index (χ2v) is 13.0. The summed E-state index contributed by atoms with van der Waals surface area (Å²) in [5, 5.41) is 10.3. The van der Waals surface area contributed by atoms with Crippen LogP contribution in [0.3, 0.4) is 0 Å². The first-order valence-corrected chi connectivity index (χ1v) is 13.4. The summed E-state index contributed by atoms with van der Waals surface area (Å²) in [7, 11) is 0. The third-order valence-electron chi connectivity index (χ3n) is 12.3. The Morgan fingerprint density at radius 2 is 1.50 bits per heavy atom. The Balaban J connectivity index is 0.000000687. The van der Waals surface area contributed by atoms with Gasteiger partial charge in [-0.2, -0.15) is 0 Å². The van der Waals surface area contributed by atoms with Gasteiger partial charge in [0.1, 0.15) is 0 Å². The highest BCUT2D eigenvalue weighted by atomic mass is 16.3. The molecule has 0 saturated heterocycles. The van der Waals surface area contributed by atoms with Crippen LogP contribution < -0.4 is 0 Å². The molecule has 5 saturated carbocycles. The van der Waals surface area contributed by atoms with Crippen molar-refractivity contribution in [2.45, 2.75) is 112 Å². The van der Waals surface area contributed by atoms with Gasteiger partial charge < -0.3 is 5.11 Å². The monoisotopic (exact) mass is 414 g/mol. The Hall–Kier alpha value is -0.300. The van der Waals surface area contributed by atoms with Crippen LogP contribution in [0, 0.1) is 51.2 Å². The van der Waals surface area contributed by atoms with E-state index >= 15 is 0 Å². The van der Waals surface area contributed by atoms with E-state index in [9.17, 15) is 5.11 Å². The predicted molar refractivity (Wildman–Crippen MR) is 128 cm³/mol. The van der Waals surface area contributed by atoms with Crippen molar-refractivity contribution in [1.82, 2.24) is 0 Å². The Morgan fingerprint density at radius 1 is 0.800 bits per heavy atom. The lowest BCUT2D eigenvalue weighted by atomic mass is 9.33. The second kappa shape index (κ2) is 7.93. The lowest BCUT2D eigenvalue weighted by Gasteiger charge is -2.71. The molecule has 0 amide bonds. The van der Waals surface area contributed by atoms with Crippen molar-refractivity contribution in [2.24, 2.45) is 51.2 Å². The normalized spacial score (nSPS) is 54.5. The number of aliphatic hydroxyl groups is 1. The summed E-state index contributed by atoms with van der Waals surface area (Å²) < 4.78 is 0. The molecular formula is C29H50O. The fourth-order valence-corrected chi connectivity index (χ4v) is 10.7. The van der Waals surface area contributed by atoms with Gasteiger partial charge in [0.05, 0.1) is 0 Å². The van der Waals surface area contributed by atoms with Crippen LogP contribution >= 0.6 is 0 Å². The molecule has 0 aromatic carbocycles. The zero-order valence-corrected chi connectivity index (χ0v) is 20.8. The molecule has 0 radical (unpaired) electrons. The number of rotatable bonds is 1. The van der Waals surface area contributed by atoms with Crippen molar-refractivity contribution in [1.29, 1.82) is 0 Å². The van der Waals surface area contributed by atoms with Crippen LogP contribution in [0.15, 0.2) is 12.7 Å². The van der Waals surface area contributed by atoms with Crippen LogP contribution in [-0.4, -0.2) is 11.7 Å². The van der Waals surface area contributed by atoms with Gasteiger partial charge in [-0.3, -0.25) is 0 Å². The minimum Gasteiger partial charge on any atom is -0.396 e. The molecule has 5 aliphatic rings. The molecule has 0 aliphatic heterocycles. The number of hydrogen-bond acceptors (Lipinski definition) is 1. The smallest absolute Gasteiger partial charge is 0.0490 e. The summed E-state index contributed by atoms with van der Waals surface area (Å²) in [6, 6.07) is 0. The van der Waals surface area contributed by atoms with E-state index in [0.717, 1.165) is 29.6 Å². The van der Waals surface area contributed by atoms with Gasteiger partial charge in [-0.05, 0) is 116 Å². The van der Waals surface area contributed by atoms with E-state index in [-0.39, 0.29) is 0 Å². The van der Waals surface area contributed by atoms with Crippen LogP contribution in [0.1, 0.15) is 112 Å². The van der Waals surface area contributed by atoms with E-state index in [0.29, 0.717) is 28.3 Å². The molecule has 9 atom stereocenters. The minimum absolute atomic E-state index is 0.299. The van der Waals surface area contributed by atoms with Crippen molar-refractivity contribution in [3.05, 3.63) is 12.7 Å². The van der Waals surface area contributed by atoms with Gasteiger partial charge in [0, 0.05) is 6.61 Å². The molecule has 172 valence electrons. The first-order chi connectivity index (χ1) is 14.2. The molecule has 0 spiro atoms. The van der Waals surface area contributed by atoms with Gasteiger partial charge in [0.15, 0.2) is 0 Å². The maximum atomic E-state index is 10.3. The molecule has 5 aliphatic carbocycles. The van der Waals surface area contributed by atoms with Crippen molar-refractivity contribution >= 4 is 0 Å². The van der Waals surface area contributed by atoms with E-state index in [1.165, 1.54) is 77.0 Å². The van der Waals surface area contributed by atoms with Gasteiger partial charge in [-0.15, -0.1) is 6.58 Å². The summed E-state index contributed by atoms with van der Waals surface area (Å²) in [5.41, 5.74) is 1.94. The quantitative estimate of drug-likeness (QED) is 0.430. The maximum Gasteiger partial charge on any atom is 0.0490 e. The van der Waals surface area contributed by atoms with Gasteiger partial charge in [0.2, 0.25) is 0 Å². The van der Waals surface area contributed by atoms with Crippen molar-refractivity contribution in [3.8, 4) is 0 Å². The van der Waals surface area contributed by atoms with E-state index < -0.39 is 0 Å². The van der Waals surface area contributed by atoms with Crippen LogP contribution in [-0.2, 0) is 0 Å². The van der Waals surface area contributed by atoms with Crippen LogP contribution in [0.2, 0.25) is 0 Å². The molecule has 0 aromatic heterocycles. The lowest BCUT2D eigenvalue weighted by molar-refractivity contribution is -0.228. The van der Waals surface area contributed by atoms with Crippen molar-refractivity contribution in [2.75, 3.05) is 6.61 Å². The van der Waals surface area contributed by atoms with Gasteiger partial charge in [-0.25, -0.2) is 0 Å². The number of hydrogen-bond donors (Lipinski definition) is 1. The molecule has 0 aromatic rings. The van der Waals surface area contributed by atoms with Crippen LogP contribution in [0.25, 0.3) is 0 Å². The summed E-state index contributed by atoms with van der Waals surface area (Å²) in [4.78, 5) is 0. The van der Waals surface area contributed by atoms with Crippen molar-refractivity contribution < 1.29 is 5.11 Å². The average molecular weight is 415 g/mol. The molecule has 0 heterocycles. The Kier molecular flexibility index (Phi) is 6.05. The molecular weight excluding hydrogens is 364 g/mol. The number of aliphatic hydroxyl groups excluding tert-OH is 1. The Bertz CT molecular complexity index is 640. The summed E-state index contributed by atoms with van der Waals surface area (Å²) in [6.45, 7) is 16.5. The third kappa shape index (κ3) is 2.96. The molecule has 5 rings (SSSR count). The predicted octanol–water partition coefficient (Wildman–Crippen LogP) is 8.03. The first kappa shape index (κ1) is 22.9. The summed E-state index contributed by atoms with van der Waals surface area (Å²) >= 11 is 0. The zero-order chi connectivity index (χ0) is 21.8. The SMILES string of the molecule is C=CC.CC1CCCC2(C)C1CCC1(C)C2CCC2C3CCCC3(CO)CC[C@]21C. The molecule has 30 heavy (non-hydrogen) atoms. The van der Waals surface area contributed by atoms with Crippen LogP contribution in [0.4, 0.5) is 0 Å². The highest BCUT2D eigenvalue weighted by Gasteiger charge is 2.68. The van der Waals surface area contributed by atoms with Crippen molar-refractivity contribution in [3.63, 3.8) is 0 Å². The second-order valence-electron chi connectivity index (χ2n) is 13.0. The van der Waals surface area contributed by atoms with E-state index in [1.807, 2.05) is 6.92 Å². The maximum absolute atomic E-state index is 10.3. The topological polar surface area (TPSA) is 20.2 Å². The van der Waals surface area contributed by atoms with Gasteiger partial charge >= 0.3 is 0 Å². The van der Waals surface area contributed by atoms with E-state index in [2.05, 4.69) is 34.3 Å². The standard InChI is InChI=1S/C26H44O.C3H6/c1-18-7-5-12-23(2)19(18)11-14-25(4)22(23)10-9-20-21-8-6-13-26(21,17-27)16-15-24(20,25)3;1-3-2/h18-22,27H,5-17H2,1-4H3;3H,1H2,2H3/t18?,19?,20?,21?,22?,23?,24-,25?,26?;/m1./s1. The van der Waals surface area contributed by atoms with E-state index in [1.54, 1.807) is 6.08 Å². The Morgan fingerprint density at radius 3 is 2.20 bits per heavy atom. The van der Waals surface area contributed by atoms with Crippen LogP contribution in [0.5, 0.6) is 0 Å². The Labute approximate surface area is 187 Å². The fourth-order valence-electron chi connectivity index (χ4n) is 10.7. The molecule has 1 heteroatoms. The molecule has 1 N–H and O–H groups in total. The zero-order valence-electron chi connectivity index (χ0n) is 20.8. The van der Waals surface area contributed by atoms with Gasteiger partial charge in [-0.1, -0.05) is 53.0 Å². The largest absolute Gasteiger partial charge is 0.396 e. The first-order valence-electron chi connectivity index (χ1n) is 13.4. The third-order valence-corrected chi connectivity index (χ3v) is 12.3. The number of fused-ring (bicyclic) bond motifs is 7. The van der Waals surface area contributed by atoms with Gasteiger partial charge in [0.25, 0.3) is 0 Å².